The van der Waals surface area contributed by atoms with Gasteiger partial charge >= 0.3 is 0 Å². The zero-order chi connectivity index (χ0) is 11.5. The van der Waals surface area contributed by atoms with E-state index < -0.39 is 5.82 Å². The molecule has 0 fully saturated rings. The minimum Gasteiger partial charge on any atom is -0.205 e. The molecule has 1 unspecified atom stereocenters. The molecule has 0 amide bonds. The molecule has 2 aromatic rings. The molecule has 4 heteroatoms. The van der Waals surface area contributed by atoms with Gasteiger partial charge in [0, 0.05) is 5.56 Å². The molecule has 1 atom stereocenters. The highest BCUT2D eigenvalue weighted by atomic mass is 35.5. The van der Waals surface area contributed by atoms with Crippen molar-refractivity contribution in [3.63, 3.8) is 0 Å². The zero-order valence-electron chi connectivity index (χ0n) is 8.29. The van der Waals surface area contributed by atoms with Crippen LogP contribution in [0.15, 0.2) is 35.0 Å². The molecule has 0 nitrogen and oxygen atoms in total. The van der Waals surface area contributed by atoms with Gasteiger partial charge in [0.05, 0.1) is 10.4 Å². The SMILES string of the molecule is Fc1c(Cl)cccc1C(Cl)Cc1ccsc1. The second kappa shape index (κ2) is 5.17. The highest BCUT2D eigenvalue weighted by molar-refractivity contribution is 7.07. The third kappa shape index (κ3) is 2.57. The van der Waals surface area contributed by atoms with Crippen LogP contribution in [0.25, 0.3) is 0 Å². The Morgan fingerprint density at radius 1 is 1.31 bits per heavy atom. The molecule has 0 aliphatic heterocycles. The second-order valence-corrected chi connectivity index (χ2v) is 5.16. The number of halogens is 3. The van der Waals surface area contributed by atoms with Crippen molar-refractivity contribution < 1.29 is 4.39 Å². The monoisotopic (exact) mass is 274 g/mol. The van der Waals surface area contributed by atoms with E-state index >= 15 is 0 Å². The standard InChI is InChI=1S/C12H9Cl2FS/c13-10-3-1-2-9(12(10)15)11(14)6-8-4-5-16-7-8/h1-5,7,11H,6H2. The van der Waals surface area contributed by atoms with E-state index in [0.717, 1.165) is 5.56 Å². The van der Waals surface area contributed by atoms with Crippen molar-refractivity contribution in [1.29, 1.82) is 0 Å². The van der Waals surface area contributed by atoms with Crippen molar-refractivity contribution in [2.45, 2.75) is 11.8 Å². The fourth-order valence-electron chi connectivity index (χ4n) is 1.49. The summed E-state index contributed by atoms with van der Waals surface area (Å²) in [5.41, 5.74) is 1.57. The first-order valence-electron chi connectivity index (χ1n) is 4.77. The van der Waals surface area contributed by atoms with E-state index in [1.807, 2.05) is 16.8 Å². The van der Waals surface area contributed by atoms with Gasteiger partial charge in [-0.25, -0.2) is 4.39 Å². The molecule has 16 heavy (non-hydrogen) atoms. The first-order chi connectivity index (χ1) is 7.68. The molecule has 0 radical (unpaired) electrons. The molecule has 84 valence electrons. The summed E-state index contributed by atoms with van der Waals surface area (Å²) >= 11 is 13.5. The van der Waals surface area contributed by atoms with Crippen LogP contribution in [0.5, 0.6) is 0 Å². The van der Waals surface area contributed by atoms with Gasteiger partial charge in [-0.1, -0.05) is 23.7 Å². The summed E-state index contributed by atoms with van der Waals surface area (Å²) in [6, 6.07) is 6.89. The van der Waals surface area contributed by atoms with Crippen LogP contribution in [0.3, 0.4) is 0 Å². The summed E-state index contributed by atoms with van der Waals surface area (Å²) < 4.78 is 13.7. The molecule has 0 saturated carbocycles. The fraction of sp³-hybridized carbons (Fsp3) is 0.167. The lowest BCUT2D eigenvalue weighted by Gasteiger charge is -2.10. The van der Waals surface area contributed by atoms with Crippen LogP contribution in [0.1, 0.15) is 16.5 Å². The average molecular weight is 275 g/mol. The quantitative estimate of drug-likeness (QED) is 0.686. The Bertz CT molecular complexity index is 468. The van der Waals surface area contributed by atoms with Crippen LogP contribution < -0.4 is 0 Å². The molecule has 2 rings (SSSR count). The van der Waals surface area contributed by atoms with Crippen molar-refractivity contribution in [2.24, 2.45) is 0 Å². The number of alkyl halides is 1. The van der Waals surface area contributed by atoms with Crippen LogP contribution in [-0.4, -0.2) is 0 Å². The molecular formula is C12H9Cl2FS. The predicted molar refractivity (Wildman–Crippen MR) is 68.0 cm³/mol. The van der Waals surface area contributed by atoms with Gasteiger partial charge in [0.15, 0.2) is 0 Å². The van der Waals surface area contributed by atoms with E-state index in [1.165, 1.54) is 6.07 Å². The van der Waals surface area contributed by atoms with Crippen molar-refractivity contribution in [3.8, 4) is 0 Å². The Hall–Kier alpha value is -0.570. The Labute approximate surface area is 108 Å². The van der Waals surface area contributed by atoms with Gasteiger partial charge in [0.25, 0.3) is 0 Å². The number of rotatable bonds is 3. The minimum atomic E-state index is -0.417. The van der Waals surface area contributed by atoms with Gasteiger partial charge in [-0.3, -0.25) is 0 Å². The van der Waals surface area contributed by atoms with Gasteiger partial charge in [-0.05, 0) is 34.9 Å². The third-order valence-corrected chi connectivity index (χ3v) is 3.73. The topological polar surface area (TPSA) is 0 Å². The normalized spacial score (nSPS) is 12.7. The summed E-state index contributed by atoms with van der Waals surface area (Å²) in [6.07, 6.45) is 0.613. The number of benzene rings is 1. The number of hydrogen-bond acceptors (Lipinski definition) is 1. The lowest BCUT2D eigenvalue weighted by molar-refractivity contribution is 0.606. The van der Waals surface area contributed by atoms with Crippen molar-refractivity contribution in [2.75, 3.05) is 0 Å². The van der Waals surface area contributed by atoms with E-state index in [-0.39, 0.29) is 10.4 Å². The highest BCUT2D eigenvalue weighted by Gasteiger charge is 2.15. The summed E-state index contributed by atoms with van der Waals surface area (Å²) in [5, 5.41) is 3.73. The molecule has 0 spiro atoms. The summed E-state index contributed by atoms with van der Waals surface area (Å²) in [6.45, 7) is 0. The van der Waals surface area contributed by atoms with Gasteiger partial charge in [-0.2, -0.15) is 11.3 Å². The first kappa shape index (κ1) is 11.9. The van der Waals surface area contributed by atoms with Crippen LogP contribution >= 0.6 is 34.5 Å². The van der Waals surface area contributed by atoms with E-state index in [1.54, 1.807) is 23.5 Å². The van der Waals surface area contributed by atoms with Crippen LogP contribution in [0.4, 0.5) is 4.39 Å². The van der Waals surface area contributed by atoms with Gasteiger partial charge in [0.1, 0.15) is 5.82 Å². The fourth-order valence-corrected chi connectivity index (χ4v) is 2.70. The summed E-state index contributed by atoms with van der Waals surface area (Å²) in [4.78, 5) is 0. The Balaban J connectivity index is 2.21. The molecule has 0 bridgehead atoms. The maximum atomic E-state index is 13.7. The highest BCUT2D eigenvalue weighted by Crippen LogP contribution is 2.30. The van der Waals surface area contributed by atoms with Crippen molar-refractivity contribution in [3.05, 3.63) is 57.0 Å². The van der Waals surface area contributed by atoms with Crippen molar-refractivity contribution >= 4 is 34.5 Å². The van der Waals surface area contributed by atoms with Crippen LogP contribution in [0.2, 0.25) is 5.02 Å². The molecule has 0 aliphatic carbocycles. The van der Waals surface area contributed by atoms with E-state index in [0.29, 0.717) is 12.0 Å². The first-order valence-corrected chi connectivity index (χ1v) is 6.53. The maximum Gasteiger partial charge on any atom is 0.146 e. The zero-order valence-corrected chi connectivity index (χ0v) is 10.6. The molecule has 0 N–H and O–H groups in total. The van der Waals surface area contributed by atoms with Crippen LogP contribution in [-0.2, 0) is 6.42 Å². The summed E-state index contributed by atoms with van der Waals surface area (Å²) in [7, 11) is 0. The van der Waals surface area contributed by atoms with Gasteiger partial charge < -0.3 is 0 Å². The maximum absolute atomic E-state index is 13.7. The predicted octanol–water partition coefficient (Wildman–Crippen LogP) is 5.06. The second-order valence-electron chi connectivity index (χ2n) is 3.45. The van der Waals surface area contributed by atoms with E-state index in [4.69, 9.17) is 23.2 Å². The summed E-state index contributed by atoms with van der Waals surface area (Å²) in [5.74, 6) is -0.417. The third-order valence-electron chi connectivity index (χ3n) is 2.31. The smallest absolute Gasteiger partial charge is 0.146 e. The van der Waals surface area contributed by atoms with Crippen LogP contribution in [0, 0.1) is 5.82 Å². The minimum absolute atomic E-state index is 0.119. The Kier molecular flexibility index (Phi) is 3.85. The number of thiophene rings is 1. The van der Waals surface area contributed by atoms with E-state index in [9.17, 15) is 4.39 Å². The molecule has 1 aromatic heterocycles. The van der Waals surface area contributed by atoms with Gasteiger partial charge in [0.2, 0.25) is 0 Å². The Morgan fingerprint density at radius 3 is 2.81 bits per heavy atom. The average Bonchev–Trinajstić information content (AvgIpc) is 2.74. The van der Waals surface area contributed by atoms with Crippen molar-refractivity contribution in [1.82, 2.24) is 0 Å². The van der Waals surface area contributed by atoms with Gasteiger partial charge in [-0.15, -0.1) is 11.6 Å². The molecule has 0 aliphatic rings. The Morgan fingerprint density at radius 2 is 2.12 bits per heavy atom. The largest absolute Gasteiger partial charge is 0.205 e. The van der Waals surface area contributed by atoms with E-state index in [2.05, 4.69) is 0 Å². The number of hydrogen-bond donors (Lipinski definition) is 0. The molecule has 1 heterocycles. The lowest BCUT2D eigenvalue weighted by Crippen LogP contribution is -1.98. The molecule has 0 saturated heterocycles. The lowest BCUT2D eigenvalue weighted by atomic mass is 10.1. The molecular weight excluding hydrogens is 266 g/mol. The molecule has 1 aromatic carbocycles.